The van der Waals surface area contributed by atoms with Crippen molar-refractivity contribution in [2.45, 2.75) is 11.3 Å². The largest absolute Gasteiger partial charge is 0.341 e. The molecule has 0 radical (unpaired) electrons. The molecule has 0 spiro atoms. The van der Waals surface area contributed by atoms with Gasteiger partial charge in [-0.2, -0.15) is 0 Å². The minimum Gasteiger partial charge on any atom is -0.341 e. The number of carbonyl (C=O) groups excluding carboxylic acids is 1. The number of fused-ring (bicyclic) bond motifs is 1. The lowest BCUT2D eigenvalue weighted by molar-refractivity contribution is 0.0781. The van der Waals surface area contributed by atoms with Crippen LogP contribution in [0, 0.1) is 11.6 Å². The van der Waals surface area contributed by atoms with Crippen LogP contribution in [0.2, 0.25) is 0 Å². The van der Waals surface area contributed by atoms with Crippen LogP contribution >= 0.6 is 0 Å². The third kappa shape index (κ3) is 2.96. The summed E-state index contributed by atoms with van der Waals surface area (Å²) in [6.45, 7) is 0.589. The number of nitrogens with zero attached hydrogens (tertiary/aromatic N) is 1. The van der Waals surface area contributed by atoms with Gasteiger partial charge in [-0.05, 0) is 42.3 Å². The quantitative estimate of drug-likeness (QED) is 0.922. The standard InChI is InChI=1S/C16H14F2N2O3S/c1-20-7-6-10-2-4-12(9-13(10)16(20)21)19-24(22,23)15-8-11(17)3-5-14(15)18/h2-5,8-9,19H,6-7H2,1H3. The van der Waals surface area contributed by atoms with Gasteiger partial charge in [0.05, 0.1) is 0 Å². The number of halogens is 2. The average Bonchev–Trinajstić information content (AvgIpc) is 2.53. The fourth-order valence-electron chi connectivity index (χ4n) is 2.55. The van der Waals surface area contributed by atoms with Gasteiger partial charge < -0.3 is 4.90 Å². The monoisotopic (exact) mass is 352 g/mol. The Labute approximate surface area is 138 Å². The highest BCUT2D eigenvalue weighted by atomic mass is 32.2. The lowest BCUT2D eigenvalue weighted by atomic mass is 9.99. The second kappa shape index (κ2) is 5.86. The van der Waals surface area contributed by atoms with Crippen molar-refractivity contribution in [2.24, 2.45) is 0 Å². The third-order valence-corrected chi connectivity index (χ3v) is 5.23. The van der Waals surface area contributed by atoms with E-state index < -0.39 is 26.6 Å². The molecule has 0 aliphatic carbocycles. The molecule has 0 bridgehead atoms. The van der Waals surface area contributed by atoms with E-state index in [4.69, 9.17) is 0 Å². The average molecular weight is 352 g/mol. The van der Waals surface area contributed by atoms with Crippen LogP contribution in [-0.2, 0) is 16.4 Å². The molecule has 1 heterocycles. The Bertz CT molecular complexity index is 929. The van der Waals surface area contributed by atoms with E-state index in [1.807, 2.05) is 0 Å². The highest BCUT2D eigenvalue weighted by molar-refractivity contribution is 7.92. The molecule has 5 nitrogen and oxygen atoms in total. The Morgan fingerprint density at radius 3 is 2.62 bits per heavy atom. The van der Waals surface area contributed by atoms with Gasteiger partial charge in [-0.25, -0.2) is 17.2 Å². The van der Waals surface area contributed by atoms with Crippen molar-refractivity contribution in [1.29, 1.82) is 0 Å². The highest BCUT2D eigenvalue weighted by Gasteiger charge is 2.24. The zero-order valence-electron chi connectivity index (χ0n) is 12.7. The number of sulfonamides is 1. The first-order valence-electron chi connectivity index (χ1n) is 7.14. The van der Waals surface area contributed by atoms with E-state index in [9.17, 15) is 22.0 Å². The van der Waals surface area contributed by atoms with Crippen molar-refractivity contribution < 1.29 is 22.0 Å². The predicted octanol–water partition coefficient (Wildman–Crippen LogP) is 2.39. The number of likely N-dealkylation sites (N-methyl/N-ethyl adjacent to an activating group) is 1. The molecule has 0 atom stereocenters. The molecule has 0 aromatic heterocycles. The predicted molar refractivity (Wildman–Crippen MR) is 84.3 cm³/mol. The number of nitrogens with one attached hydrogen (secondary N) is 1. The van der Waals surface area contributed by atoms with Gasteiger partial charge in [0.2, 0.25) is 0 Å². The Morgan fingerprint density at radius 1 is 1.12 bits per heavy atom. The Kier molecular flexibility index (Phi) is 4.00. The minimum absolute atomic E-state index is 0.112. The maximum atomic E-state index is 13.7. The van der Waals surface area contributed by atoms with Gasteiger partial charge in [0.1, 0.15) is 16.5 Å². The third-order valence-electron chi connectivity index (χ3n) is 3.84. The summed E-state index contributed by atoms with van der Waals surface area (Å²) in [5, 5.41) is 0. The van der Waals surface area contributed by atoms with Gasteiger partial charge in [-0.1, -0.05) is 6.07 Å². The van der Waals surface area contributed by atoms with Gasteiger partial charge in [0.15, 0.2) is 0 Å². The van der Waals surface area contributed by atoms with Crippen molar-refractivity contribution in [3.8, 4) is 0 Å². The number of rotatable bonds is 3. The topological polar surface area (TPSA) is 66.5 Å². The van der Waals surface area contributed by atoms with Gasteiger partial charge in [0.25, 0.3) is 15.9 Å². The Hall–Kier alpha value is -2.48. The van der Waals surface area contributed by atoms with Crippen LogP contribution in [0.1, 0.15) is 15.9 Å². The van der Waals surface area contributed by atoms with Crippen LogP contribution in [0.4, 0.5) is 14.5 Å². The molecular weight excluding hydrogens is 338 g/mol. The number of hydrogen-bond acceptors (Lipinski definition) is 3. The maximum Gasteiger partial charge on any atom is 0.264 e. The van der Waals surface area contributed by atoms with Crippen molar-refractivity contribution in [1.82, 2.24) is 4.90 Å². The van der Waals surface area contributed by atoms with Crippen molar-refractivity contribution in [3.63, 3.8) is 0 Å². The molecule has 24 heavy (non-hydrogen) atoms. The van der Waals surface area contributed by atoms with Gasteiger partial charge in [0, 0.05) is 24.8 Å². The molecule has 0 fully saturated rings. The Morgan fingerprint density at radius 2 is 1.88 bits per heavy atom. The highest BCUT2D eigenvalue weighted by Crippen LogP contribution is 2.25. The number of hydrogen-bond donors (Lipinski definition) is 1. The molecule has 2 aromatic carbocycles. The van der Waals surface area contributed by atoms with Gasteiger partial charge in [-0.15, -0.1) is 0 Å². The van der Waals surface area contributed by atoms with Gasteiger partial charge in [-0.3, -0.25) is 9.52 Å². The second-order valence-corrected chi connectivity index (χ2v) is 7.18. The zero-order valence-corrected chi connectivity index (χ0v) is 13.5. The first kappa shape index (κ1) is 16.4. The van der Waals surface area contributed by atoms with Crippen LogP contribution in [0.3, 0.4) is 0 Å². The number of carbonyl (C=O) groups is 1. The SMILES string of the molecule is CN1CCc2ccc(NS(=O)(=O)c3cc(F)ccc3F)cc2C1=O. The normalized spacial score (nSPS) is 14.5. The van der Waals surface area contributed by atoms with E-state index in [0.29, 0.717) is 24.6 Å². The molecule has 1 amide bonds. The molecule has 0 unspecified atom stereocenters. The summed E-state index contributed by atoms with van der Waals surface area (Å²) in [4.78, 5) is 12.9. The van der Waals surface area contributed by atoms with Crippen LogP contribution in [0.15, 0.2) is 41.3 Å². The smallest absolute Gasteiger partial charge is 0.264 e. The fourth-order valence-corrected chi connectivity index (χ4v) is 3.69. The summed E-state index contributed by atoms with van der Waals surface area (Å²) in [5.41, 5.74) is 1.32. The van der Waals surface area contributed by atoms with Crippen LogP contribution in [0.5, 0.6) is 0 Å². The molecule has 8 heteroatoms. The van der Waals surface area contributed by atoms with Crippen LogP contribution < -0.4 is 4.72 Å². The molecule has 1 aliphatic heterocycles. The van der Waals surface area contributed by atoms with E-state index in [1.54, 1.807) is 13.1 Å². The Balaban J connectivity index is 1.97. The number of benzene rings is 2. The first-order chi connectivity index (χ1) is 11.3. The number of amides is 1. The molecule has 0 saturated heterocycles. The van der Waals surface area contributed by atoms with Crippen LogP contribution in [0.25, 0.3) is 0 Å². The maximum absolute atomic E-state index is 13.7. The van der Waals surface area contributed by atoms with E-state index in [2.05, 4.69) is 4.72 Å². The first-order valence-corrected chi connectivity index (χ1v) is 8.62. The van der Waals surface area contributed by atoms with Crippen molar-refractivity contribution in [2.75, 3.05) is 18.3 Å². The second-order valence-electron chi connectivity index (χ2n) is 5.53. The van der Waals surface area contributed by atoms with E-state index in [1.165, 1.54) is 17.0 Å². The zero-order chi connectivity index (χ0) is 17.5. The molecule has 126 valence electrons. The lowest BCUT2D eigenvalue weighted by Gasteiger charge is -2.25. The molecule has 2 aromatic rings. The molecule has 1 aliphatic rings. The van der Waals surface area contributed by atoms with Crippen molar-refractivity contribution >= 4 is 21.6 Å². The van der Waals surface area contributed by atoms with E-state index in [-0.39, 0.29) is 11.6 Å². The number of anilines is 1. The summed E-state index contributed by atoms with van der Waals surface area (Å²) in [5.74, 6) is -2.13. The van der Waals surface area contributed by atoms with Gasteiger partial charge >= 0.3 is 0 Å². The van der Waals surface area contributed by atoms with Crippen molar-refractivity contribution in [3.05, 3.63) is 59.2 Å². The summed E-state index contributed by atoms with van der Waals surface area (Å²) < 4.78 is 53.7. The van der Waals surface area contributed by atoms with E-state index in [0.717, 1.165) is 17.7 Å². The minimum atomic E-state index is -4.31. The van der Waals surface area contributed by atoms with Crippen LogP contribution in [-0.4, -0.2) is 32.8 Å². The summed E-state index contributed by atoms with van der Waals surface area (Å²) in [6.07, 6.45) is 0.670. The van der Waals surface area contributed by atoms with E-state index >= 15 is 0 Å². The fraction of sp³-hybridized carbons (Fsp3) is 0.188. The summed E-state index contributed by atoms with van der Waals surface area (Å²) in [7, 11) is -2.66. The molecule has 3 rings (SSSR count). The summed E-state index contributed by atoms with van der Waals surface area (Å²) >= 11 is 0. The molecular formula is C16H14F2N2O3S. The molecule has 0 saturated carbocycles. The molecule has 1 N–H and O–H groups in total. The lowest BCUT2D eigenvalue weighted by Crippen LogP contribution is -2.34. The summed E-state index contributed by atoms with van der Waals surface area (Å²) in [6, 6.07) is 6.74.